The smallest absolute Gasteiger partial charge is 0.180 e. The van der Waals surface area contributed by atoms with Crippen LogP contribution in [-0.2, 0) is 11.3 Å². The summed E-state index contributed by atoms with van der Waals surface area (Å²) in [7, 11) is 0. The van der Waals surface area contributed by atoms with Crippen LogP contribution in [0.25, 0.3) is 43.6 Å². The second-order valence-corrected chi connectivity index (χ2v) is 9.13. The lowest BCUT2D eigenvalue weighted by molar-refractivity contribution is 0.0366. The monoisotopic (exact) mass is 454 g/mol. The van der Waals surface area contributed by atoms with Crippen molar-refractivity contribution in [3.8, 4) is 0 Å². The molecule has 4 heterocycles. The molecule has 7 rings (SSSR count). The maximum Gasteiger partial charge on any atom is 0.180 e. The number of ether oxygens (including phenoxy) is 1. The number of rotatable bonds is 3. The first-order valence-corrected chi connectivity index (χ1v) is 11.6. The number of morpholine rings is 1. The third-order valence-electron chi connectivity index (χ3n) is 7.29. The highest BCUT2D eigenvalue weighted by Gasteiger charge is 2.35. The van der Waals surface area contributed by atoms with Crippen LogP contribution in [0.3, 0.4) is 0 Å². The van der Waals surface area contributed by atoms with Gasteiger partial charge >= 0.3 is 0 Å². The predicted octanol–water partition coefficient (Wildman–Crippen LogP) is 3.22. The van der Waals surface area contributed by atoms with Crippen molar-refractivity contribution in [3.05, 3.63) is 58.0 Å². The Kier molecular flexibility index (Phi) is 4.13. The highest BCUT2D eigenvalue weighted by molar-refractivity contribution is 6.40. The molecule has 0 amide bonds. The van der Waals surface area contributed by atoms with Crippen molar-refractivity contribution in [1.29, 1.82) is 0 Å². The Morgan fingerprint density at radius 3 is 2.53 bits per heavy atom. The minimum Gasteiger partial charge on any atom is -0.379 e. The fourth-order valence-electron chi connectivity index (χ4n) is 5.79. The van der Waals surface area contributed by atoms with Crippen LogP contribution in [0.1, 0.15) is 27.1 Å². The van der Waals surface area contributed by atoms with E-state index < -0.39 is 0 Å². The molecular formula is C26H22N4O4. The first kappa shape index (κ1) is 19.7. The van der Waals surface area contributed by atoms with Gasteiger partial charge in [0.15, 0.2) is 17.0 Å². The molecule has 8 nitrogen and oxygen atoms in total. The largest absolute Gasteiger partial charge is 0.379 e. The number of aromatic nitrogens is 3. The van der Waals surface area contributed by atoms with Crippen molar-refractivity contribution in [2.75, 3.05) is 32.8 Å². The Labute approximate surface area is 193 Å². The first-order valence-electron chi connectivity index (χ1n) is 11.6. The molecule has 2 N–H and O–H groups in total. The van der Waals surface area contributed by atoms with Gasteiger partial charge in [-0.1, -0.05) is 0 Å². The first-order chi connectivity index (χ1) is 16.6. The average Bonchev–Trinajstić information content (AvgIpc) is 3.47. The van der Waals surface area contributed by atoms with Gasteiger partial charge in [-0.2, -0.15) is 0 Å². The Morgan fingerprint density at radius 1 is 0.912 bits per heavy atom. The Bertz CT molecular complexity index is 1730. The molecule has 3 aromatic heterocycles. The third-order valence-corrected chi connectivity index (χ3v) is 7.29. The maximum absolute atomic E-state index is 13.2. The molecule has 1 saturated heterocycles. The number of Topliss-reactive ketones (excluding diaryl/α,β-unsaturated/α-hetero) is 2. The highest BCUT2D eigenvalue weighted by atomic mass is 16.5. The molecule has 1 aliphatic heterocycles. The third kappa shape index (κ3) is 2.63. The second-order valence-electron chi connectivity index (χ2n) is 9.13. The lowest BCUT2D eigenvalue weighted by Gasteiger charge is -2.27. The predicted molar refractivity (Wildman–Crippen MR) is 130 cm³/mol. The zero-order chi connectivity index (χ0) is 23.0. The van der Waals surface area contributed by atoms with Gasteiger partial charge in [-0.15, -0.1) is 0 Å². The summed E-state index contributed by atoms with van der Waals surface area (Å²) in [5.41, 5.74) is 4.27. The van der Waals surface area contributed by atoms with Gasteiger partial charge in [0.2, 0.25) is 0 Å². The number of carbonyl (C=O) groups excluding carboxylic acids is 2. The van der Waals surface area contributed by atoms with E-state index in [1.165, 1.54) is 6.07 Å². The van der Waals surface area contributed by atoms with Crippen LogP contribution in [0, 0.1) is 0 Å². The number of H-pyrrole nitrogens is 2. The second kappa shape index (κ2) is 7.12. The Balaban J connectivity index is 1.62. The van der Waals surface area contributed by atoms with E-state index in [0.29, 0.717) is 16.6 Å². The number of nitrogens with one attached hydrogen (secondary N) is 2. The summed E-state index contributed by atoms with van der Waals surface area (Å²) < 4.78 is 7.74. The van der Waals surface area contributed by atoms with Crippen LogP contribution < -0.4 is 5.43 Å². The molecule has 170 valence electrons. The quantitative estimate of drug-likeness (QED) is 0.408. The number of nitrogens with zero attached hydrogens (tertiary/aromatic N) is 2. The number of hydrogen-bond acceptors (Lipinski definition) is 5. The minimum absolute atomic E-state index is 0.100. The number of ketones is 2. The van der Waals surface area contributed by atoms with Crippen LogP contribution in [0.5, 0.6) is 0 Å². The van der Waals surface area contributed by atoms with Gasteiger partial charge in [0, 0.05) is 77.3 Å². The van der Waals surface area contributed by atoms with Gasteiger partial charge in [0.05, 0.1) is 41.7 Å². The molecule has 0 saturated carbocycles. The topological polar surface area (TPSA) is 100 Å². The van der Waals surface area contributed by atoms with Crippen molar-refractivity contribution < 1.29 is 14.3 Å². The SMILES string of the molecule is O=C1CC(=O)c2c1c1c3ccc(=O)cc3[nH]c1c1c2c2cc[nH]cc2n1CCN1CCOCC1. The molecule has 0 unspecified atom stereocenters. The normalized spacial score (nSPS) is 17.1. The number of pyridine rings is 1. The van der Waals surface area contributed by atoms with Crippen molar-refractivity contribution in [1.82, 2.24) is 19.4 Å². The van der Waals surface area contributed by atoms with Gasteiger partial charge in [-0.3, -0.25) is 19.3 Å². The Morgan fingerprint density at radius 2 is 1.71 bits per heavy atom. The molecular weight excluding hydrogens is 432 g/mol. The standard InChI is InChI=1S/C26H22N4O4/c31-14-1-2-15-17(11-14)28-25-21(15)23-19(32)12-20(33)24(23)22-16-3-4-27-13-18(16)30(26(22)25)6-5-29-7-9-34-10-8-29/h1-4,11,13,27-28H,5-10,12H2. The summed E-state index contributed by atoms with van der Waals surface area (Å²) in [6.45, 7) is 4.80. The summed E-state index contributed by atoms with van der Waals surface area (Å²) in [4.78, 5) is 47.4. The summed E-state index contributed by atoms with van der Waals surface area (Å²) in [6, 6.07) is 6.80. The minimum atomic E-state index is -0.157. The number of carbonyl (C=O) groups is 2. The lowest BCUT2D eigenvalue weighted by Crippen LogP contribution is -2.38. The van der Waals surface area contributed by atoms with Gasteiger partial charge < -0.3 is 19.3 Å². The van der Waals surface area contributed by atoms with E-state index in [1.807, 2.05) is 18.5 Å². The van der Waals surface area contributed by atoms with Gasteiger partial charge in [0.1, 0.15) is 0 Å². The van der Waals surface area contributed by atoms with E-state index in [-0.39, 0.29) is 23.4 Å². The number of aromatic amines is 2. The van der Waals surface area contributed by atoms with Gasteiger partial charge in [-0.25, -0.2) is 0 Å². The highest BCUT2D eigenvalue weighted by Crippen LogP contribution is 2.44. The van der Waals surface area contributed by atoms with E-state index in [4.69, 9.17) is 4.74 Å². The van der Waals surface area contributed by atoms with E-state index in [2.05, 4.69) is 19.4 Å². The van der Waals surface area contributed by atoms with Gasteiger partial charge in [-0.05, 0) is 18.2 Å². The number of benzene rings is 2. The van der Waals surface area contributed by atoms with E-state index in [0.717, 1.165) is 77.5 Å². The fourth-order valence-corrected chi connectivity index (χ4v) is 5.79. The number of fused-ring (bicyclic) bond motifs is 10. The lowest BCUT2D eigenvalue weighted by atomic mass is 9.97. The molecule has 0 atom stereocenters. The molecule has 5 aromatic rings. The molecule has 0 spiro atoms. The summed E-state index contributed by atoms with van der Waals surface area (Å²) in [5, 5.41) is 3.30. The fraction of sp³-hybridized carbons (Fsp3) is 0.269. The van der Waals surface area contributed by atoms with Gasteiger partial charge in [0.25, 0.3) is 0 Å². The summed E-state index contributed by atoms with van der Waals surface area (Å²) in [6.07, 6.45) is 3.68. The molecule has 1 fully saturated rings. The zero-order valence-corrected chi connectivity index (χ0v) is 18.4. The molecule has 0 radical (unpaired) electrons. The van der Waals surface area contributed by atoms with Crippen LogP contribution in [0.4, 0.5) is 0 Å². The molecule has 2 aromatic carbocycles. The van der Waals surface area contributed by atoms with Crippen LogP contribution in [-0.4, -0.2) is 63.8 Å². The van der Waals surface area contributed by atoms with Crippen molar-refractivity contribution in [3.63, 3.8) is 0 Å². The zero-order valence-electron chi connectivity index (χ0n) is 18.4. The molecule has 1 aliphatic carbocycles. The average molecular weight is 454 g/mol. The summed E-state index contributed by atoms with van der Waals surface area (Å²) >= 11 is 0. The molecule has 0 bridgehead atoms. The number of hydrogen-bond donors (Lipinski definition) is 2. The van der Waals surface area contributed by atoms with Crippen molar-refractivity contribution in [2.45, 2.75) is 13.0 Å². The van der Waals surface area contributed by atoms with Crippen LogP contribution in [0.2, 0.25) is 0 Å². The van der Waals surface area contributed by atoms with Crippen molar-refractivity contribution in [2.24, 2.45) is 0 Å². The molecule has 2 aliphatic rings. The van der Waals surface area contributed by atoms with E-state index in [9.17, 15) is 14.4 Å². The van der Waals surface area contributed by atoms with Crippen molar-refractivity contribution >= 4 is 55.2 Å². The Hall–Kier alpha value is -3.75. The van der Waals surface area contributed by atoms with Crippen LogP contribution in [0.15, 0.2) is 41.5 Å². The maximum atomic E-state index is 13.2. The van der Waals surface area contributed by atoms with Crippen LogP contribution >= 0.6 is 0 Å². The molecule has 8 heteroatoms. The molecule has 34 heavy (non-hydrogen) atoms. The van der Waals surface area contributed by atoms with E-state index in [1.54, 1.807) is 12.1 Å². The van der Waals surface area contributed by atoms with E-state index >= 15 is 0 Å². The summed E-state index contributed by atoms with van der Waals surface area (Å²) in [5.74, 6) is -0.294.